The average molecular weight is 266 g/mol. The molecule has 76 valence electrons. The summed E-state index contributed by atoms with van der Waals surface area (Å²) in [5.74, 6) is -0.239. The van der Waals surface area contributed by atoms with E-state index in [-0.39, 0.29) is 16.0 Å². The van der Waals surface area contributed by atoms with Gasteiger partial charge in [0.1, 0.15) is 4.60 Å². The highest BCUT2D eigenvalue weighted by Gasteiger charge is 2.20. The van der Waals surface area contributed by atoms with E-state index in [0.29, 0.717) is 6.29 Å². The molecule has 1 heterocycles. The zero-order valence-corrected chi connectivity index (χ0v) is 8.72. The van der Waals surface area contributed by atoms with Crippen molar-refractivity contribution in [1.29, 1.82) is 0 Å². The van der Waals surface area contributed by atoms with Gasteiger partial charge in [0, 0.05) is 5.56 Å². The van der Waals surface area contributed by atoms with Gasteiger partial charge in [0.05, 0.1) is 12.7 Å². The monoisotopic (exact) mass is 265 g/mol. The minimum atomic E-state index is -2.79. The van der Waals surface area contributed by atoms with Crippen LogP contribution in [0.1, 0.15) is 22.3 Å². The lowest BCUT2D eigenvalue weighted by atomic mass is 10.1. The predicted octanol–water partition coefficient (Wildman–Crippen LogP) is 2.60. The lowest BCUT2D eigenvalue weighted by molar-refractivity contribution is 0.110. The summed E-state index contributed by atoms with van der Waals surface area (Å²) in [5, 5.41) is 0. The lowest BCUT2D eigenvalue weighted by Crippen LogP contribution is -2.01. The quantitative estimate of drug-likeness (QED) is 0.623. The molecule has 0 aromatic carbocycles. The van der Waals surface area contributed by atoms with Crippen molar-refractivity contribution < 1.29 is 18.3 Å². The van der Waals surface area contributed by atoms with E-state index in [9.17, 15) is 13.6 Å². The number of halogens is 3. The van der Waals surface area contributed by atoms with Crippen LogP contribution in [0.3, 0.4) is 0 Å². The van der Waals surface area contributed by atoms with Crippen LogP contribution in [0.5, 0.6) is 5.88 Å². The Balaban J connectivity index is 3.40. The summed E-state index contributed by atoms with van der Waals surface area (Å²) < 4.78 is 29.9. The summed E-state index contributed by atoms with van der Waals surface area (Å²) in [7, 11) is 1.22. The molecule has 14 heavy (non-hydrogen) atoms. The van der Waals surface area contributed by atoms with Crippen molar-refractivity contribution in [2.75, 3.05) is 7.11 Å². The smallest absolute Gasteiger partial charge is 0.269 e. The van der Waals surface area contributed by atoms with Crippen LogP contribution in [0.15, 0.2) is 10.7 Å². The van der Waals surface area contributed by atoms with Crippen molar-refractivity contribution in [1.82, 2.24) is 4.98 Å². The maximum atomic E-state index is 12.5. The molecule has 0 saturated carbocycles. The molecule has 0 radical (unpaired) electrons. The first-order valence-electron chi connectivity index (χ1n) is 3.58. The van der Waals surface area contributed by atoms with Gasteiger partial charge in [-0.3, -0.25) is 4.79 Å². The fraction of sp³-hybridized carbons (Fsp3) is 0.250. The van der Waals surface area contributed by atoms with Crippen LogP contribution in [0, 0.1) is 0 Å². The molecule has 0 N–H and O–H groups in total. The largest absolute Gasteiger partial charge is 0.481 e. The molecule has 1 aromatic rings. The Morgan fingerprint density at radius 2 is 2.29 bits per heavy atom. The van der Waals surface area contributed by atoms with Crippen LogP contribution in [0.25, 0.3) is 0 Å². The summed E-state index contributed by atoms with van der Waals surface area (Å²) in [4.78, 5) is 14.2. The summed E-state index contributed by atoms with van der Waals surface area (Å²) in [6.07, 6.45) is -2.44. The molecular weight excluding hydrogens is 260 g/mol. The Morgan fingerprint density at radius 3 is 2.71 bits per heavy atom. The number of methoxy groups -OCH3 is 1. The number of aldehydes is 1. The molecule has 1 rings (SSSR count). The summed E-state index contributed by atoms with van der Waals surface area (Å²) in [6, 6.07) is 1.22. The highest BCUT2D eigenvalue weighted by Crippen LogP contribution is 2.31. The molecule has 0 fully saturated rings. The third kappa shape index (κ3) is 2.06. The molecule has 0 atom stereocenters. The zero-order valence-electron chi connectivity index (χ0n) is 7.13. The molecule has 0 amide bonds. The Kier molecular flexibility index (Phi) is 3.51. The van der Waals surface area contributed by atoms with Gasteiger partial charge in [0.25, 0.3) is 6.43 Å². The molecular formula is C8H6BrF2NO2. The van der Waals surface area contributed by atoms with Gasteiger partial charge >= 0.3 is 0 Å². The van der Waals surface area contributed by atoms with Gasteiger partial charge < -0.3 is 4.74 Å². The van der Waals surface area contributed by atoms with E-state index in [2.05, 4.69) is 25.7 Å². The number of pyridine rings is 1. The molecule has 0 saturated heterocycles. The van der Waals surface area contributed by atoms with Crippen molar-refractivity contribution in [2.24, 2.45) is 0 Å². The van der Waals surface area contributed by atoms with Crippen LogP contribution >= 0.6 is 15.9 Å². The van der Waals surface area contributed by atoms with Crippen molar-refractivity contribution in [3.63, 3.8) is 0 Å². The van der Waals surface area contributed by atoms with E-state index in [1.54, 1.807) is 0 Å². The van der Waals surface area contributed by atoms with Crippen LogP contribution < -0.4 is 4.74 Å². The van der Waals surface area contributed by atoms with Crippen molar-refractivity contribution in [2.45, 2.75) is 6.43 Å². The molecule has 0 unspecified atom stereocenters. The number of ether oxygens (including phenoxy) is 1. The predicted molar refractivity (Wildman–Crippen MR) is 48.8 cm³/mol. The first-order valence-corrected chi connectivity index (χ1v) is 4.37. The van der Waals surface area contributed by atoms with Gasteiger partial charge in [-0.05, 0) is 22.0 Å². The second kappa shape index (κ2) is 4.45. The van der Waals surface area contributed by atoms with E-state index < -0.39 is 12.0 Å². The van der Waals surface area contributed by atoms with Crippen molar-refractivity contribution in [3.05, 3.63) is 21.8 Å². The highest BCUT2D eigenvalue weighted by molar-refractivity contribution is 9.10. The Labute approximate surface area is 87.2 Å². The first kappa shape index (κ1) is 11.0. The van der Waals surface area contributed by atoms with Crippen LogP contribution in [-0.2, 0) is 0 Å². The van der Waals surface area contributed by atoms with Crippen LogP contribution in [0.2, 0.25) is 0 Å². The first-order chi connectivity index (χ1) is 6.60. The zero-order chi connectivity index (χ0) is 10.7. The highest BCUT2D eigenvalue weighted by atomic mass is 79.9. The molecule has 0 aliphatic heterocycles. The topological polar surface area (TPSA) is 39.2 Å². The normalized spacial score (nSPS) is 10.4. The number of carbonyl (C=O) groups is 1. The number of nitrogens with zero attached hydrogens (tertiary/aromatic N) is 1. The number of alkyl halides is 2. The molecule has 0 bridgehead atoms. The fourth-order valence-corrected chi connectivity index (χ4v) is 1.40. The third-order valence-corrected chi connectivity index (χ3v) is 1.97. The molecule has 6 heteroatoms. The van der Waals surface area contributed by atoms with Gasteiger partial charge in [-0.25, -0.2) is 13.8 Å². The van der Waals surface area contributed by atoms with E-state index in [0.717, 1.165) is 0 Å². The number of aromatic nitrogens is 1. The molecule has 0 aliphatic carbocycles. The summed E-state index contributed by atoms with van der Waals surface area (Å²) in [5.41, 5.74) is -0.607. The minimum Gasteiger partial charge on any atom is -0.481 e. The standard InChI is InChI=1S/C8H6BrF2NO2/c1-14-8-6(7(10)11)4(3-13)2-5(9)12-8/h2-3,7H,1H3. The SMILES string of the molecule is COc1nc(Br)cc(C=O)c1C(F)F. The molecule has 1 aromatic heterocycles. The van der Waals surface area contributed by atoms with Crippen LogP contribution in [-0.4, -0.2) is 18.4 Å². The van der Waals surface area contributed by atoms with E-state index in [1.807, 2.05) is 0 Å². The van der Waals surface area contributed by atoms with Gasteiger partial charge in [0.2, 0.25) is 5.88 Å². The average Bonchev–Trinajstić information content (AvgIpc) is 2.15. The fourth-order valence-electron chi connectivity index (χ4n) is 0.991. The summed E-state index contributed by atoms with van der Waals surface area (Å²) >= 11 is 2.98. The maximum Gasteiger partial charge on any atom is 0.269 e. The van der Waals surface area contributed by atoms with Gasteiger partial charge in [0.15, 0.2) is 6.29 Å². The lowest BCUT2D eigenvalue weighted by Gasteiger charge is -2.08. The Hall–Kier alpha value is -1.04. The van der Waals surface area contributed by atoms with Crippen molar-refractivity contribution in [3.8, 4) is 5.88 Å². The number of hydrogen-bond donors (Lipinski definition) is 0. The number of rotatable bonds is 3. The maximum absolute atomic E-state index is 12.5. The molecule has 3 nitrogen and oxygen atoms in total. The Morgan fingerprint density at radius 1 is 1.64 bits per heavy atom. The second-order valence-electron chi connectivity index (χ2n) is 2.38. The van der Waals surface area contributed by atoms with Crippen LogP contribution in [0.4, 0.5) is 8.78 Å². The van der Waals surface area contributed by atoms with E-state index >= 15 is 0 Å². The van der Waals surface area contributed by atoms with Crippen molar-refractivity contribution >= 4 is 22.2 Å². The minimum absolute atomic E-state index is 0.126. The van der Waals surface area contributed by atoms with E-state index in [4.69, 9.17) is 0 Å². The molecule has 0 aliphatic rings. The van der Waals surface area contributed by atoms with Gasteiger partial charge in [-0.1, -0.05) is 0 Å². The molecule has 0 spiro atoms. The number of hydrogen-bond acceptors (Lipinski definition) is 3. The third-order valence-electron chi connectivity index (χ3n) is 1.56. The van der Waals surface area contributed by atoms with Gasteiger partial charge in [-0.15, -0.1) is 0 Å². The van der Waals surface area contributed by atoms with Gasteiger partial charge in [-0.2, -0.15) is 0 Å². The summed E-state index contributed by atoms with van der Waals surface area (Å²) in [6.45, 7) is 0. The second-order valence-corrected chi connectivity index (χ2v) is 3.19. The number of carbonyl (C=O) groups excluding carboxylic acids is 1. The Bertz CT molecular complexity index is 357. The van der Waals surface area contributed by atoms with E-state index in [1.165, 1.54) is 13.2 Å².